The molecule has 0 N–H and O–H groups in total. The molecule has 1 aliphatic rings. The number of fused-ring (bicyclic) bond motifs is 1. The number of carbonyl (C=O) groups excluding carboxylic acids is 1. The molecule has 2 heterocycles. The molecule has 0 unspecified atom stereocenters. The Kier molecular flexibility index (Phi) is 6.31. The highest BCUT2D eigenvalue weighted by atomic mass is 35.5. The highest BCUT2D eigenvalue weighted by Crippen LogP contribution is 2.33. The molecule has 0 bridgehead atoms. The maximum atomic E-state index is 12.9. The first-order chi connectivity index (χ1) is 14.4. The van der Waals surface area contributed by atoms with Crippen LogP contribution in [0.5, 0.6) is 0 Å². The number of thiazole rings is 1. The number of rotatable bonds is 5. The summed E-state index contributed by atoms with van der Waals surface area (Å²) < 4.78 is 33.7. The first kappa shape index (κ1) is 21.5. The molecule has 4 rings (SSSR count). The average molecular weight is 485 g/mol. The largest absolute Gasteiger partial charge is 0.458 e. The van der Waals surface area contributed by atoms with Gasteiger partial charge in [-0.2, -0.15) is 4.31 Å². The van der Waals surface area contributed by atoms with Gasteiger partial charge in [-0.25, -0.2) is 13.4 Å². The van der Waals surface area contributed by atoms with E-state index >= 15 is 0 Å². The van der Waals surface area contributed by atoms with Crippen LogP contribution in [-0.2, 0) is 26.2 Å². The zero-order chi connectivity index (χ0) is 21.3. The van der Waals surface area contributed by atoms with Crippen molar-refractivity contribution in [3.8, 4) is 0 Å². The minimum absolute atomic E-state index is 0.0832. The van der Waals surface area contributed by atoms with Crippen molar-refractivity contribution in [2.24, 2.45) is 5.92 Å². The molecule has 0 amide bonds. The number of esters is 1. The van der Waals surface area contributed by atoms with Crippen LogP contribution >= 0.6 is 34.5 Å². The fourth-order valence-corrected chi connectivity index (χ4v) is 6.86. The lowest BCUT2D eigenvalue weighted by molar-refractivity contribution is -0.151. The van der Waals surface area contributed by atoms with E-state index in [4.69, 9.17) is 27.9 Å². The van der Waals surface area contributed by atoms with Gasteiger partial charge in [0, 0.05) is 13.1 Å². The second kappa shape index (κ2) is 8.80. The van der Waals surface area contributed by atoms with Gasteiger partial charge >= 0.3 is 5.97 Å². The summed E-state index contributed by atoms with van der Waals surface area (Å²) in [4.78, 5) is 16.8. The van der Waals surface area contributed by atoms with Gasteiger partial charge in [-0.1, -0.05) is 41.4 Å². The summed E-state index contributed by atoms with van der Waals surface area (Å²) in [6.07, 6.45) is 0.750. The minimum Gasteiger partial charge on any atom is -0.458 e. The van der Waals surface area contributed by atoms with E-state index in [1.807, 2.05) is 24.3 Å². The summed E-state index contributed by atoms with van der Waals surface area (Å²) in [5.74, 6) is -0.686. The molecule has 1 aliphatic heterocycles. The van der Waals surface area contributed by atoms with E-state index in [1.54, 1.807) is 6.07 Å². The molecule has 0 radical (unpaired) electrons. The van der Waals surface area contributed by atoms with E-state index in [2.05, 4.69) is 4.98 Å². The van der Waals surface area contributed by atoms with E-state index in [9.17, 15) is 13.2 Å². The van der Waals surface area contributed by atoms with Gasteiger partial charge in [-0.05, 0) is 37.1 Å². The molecule has 6 nitrogen and oxygen atoms in total. The predicted molar refractivity (Wildman–Crippen MR) is 117 cm³/mol. The van der Waals surface area contributed by atoms with Crippen LogP contribution < -0.4 is 0 Å². The summed E-state index contributed by atoms with van der Waals surface area (Å²) in [7, 11) is -3.83. The monoisotopic (exact) mass is 484 g/mol. The van der Waals surface area contributed by atoms with Gasteiger partial charge in [0.15, 0.2) is 0 Å². The Balaban J connectivity index is 1.36. The van der Waals surface area contributed by atoms with Crippen molar-refractivity contribution in [3.05, 3.63) is 57.5 Å². The van der Waals surface area contributed by atoms with Crippen molar-refractivity contribution in [1.29, 1.82) is 0 Å². The van der Waals surface area contributed by atoms with Crippen LogP contribution in [0.25, 0.3) is 10.2 Å². The summed E-state index contributed by atoms with van der Waals surface area (Å²) in [6, 6.07) is 12.3. The molecule has 2 aromatic carbocycles. The van der Waals surface area contributed by atoms with Gasteiger partial charge in [-0.3, -0.25) is 4.79 Å². The minimum atomic E-state index is -3.83. The second-order valence-corrected chi connectivity index (χ2v) is 10.7. The fourth-order valence-electron chi connectivity index (χ4n) is 3.42. The van der Waals surface area contributed by atoms with Crippen LogP contribution in [0.4, 0.5) is 0 Å². The van der Waals surface area contributed by atoms with Crippen LogP contribution in [-0.4, -0.2) is 36.8 Å². The summed E-state index contributed by atoms with van der Waals surface area (Å²) in [5, 5.41) is 0.901. The second-order valence-electron chi connectivity index (χ2n) is 6.91. The number of aromatic nitrogens is 1. The number of sulfonamides is 1. The molecule has 1 fully saturated rings. The lowest BCUT2D eigenvalue weighted by Gasteiger charge is -2.30. The topological polar surface area (TPSA) is 76.6 Å². The summed E-state index contributed by atoms with van der Waals surface area (Å²) >= 11 is 13.6. The normalized spacial score (nSPS) is 16.1. The maximum Gasteiger partial charge on any atom is 0.309 e. The molecule has 158 valence electrons. The van der Waals surface area contributed by atoms with E-state index in [0.717, 1.165) is 15.2 Å². The highest BCUT2D eigenvalue weighted by molar-refractivity contribution is 7.89. The SMILES string of the molecule is O=C(OCc1nc2ccccc2s1)C1CCN(S(=O)(=O)c2c(Cl)cccc2Cl)CC1. The summed E-state index contributed by atoms with van der Waals surface area (Å²) in [5.41, 5.74) is 0.880. The fraction of sp³-hybridized carbons (Fsp3) is 0.300. The third kappa shape index (κ3) is 4.33. The molecule has 3 aromatic rings. The van der Waals surface area contributed by atoms with Gasteiger partial charge in [0.2, 0.25) is 10.0 Å². The van der Waals surface area contributed by atoms with Gasteiger partial charge in [-0.15, -0.1) is 11.3 Å². The Morgan fingerprint density at radius 2 is 1.77 bits per heavy atom. The molecule has 0 spiro atoms. The van der Waals surface area contributed by atoms with Crippen LogP contribution in [0.2, 0.25) is 10.0 Å². The summed E-state index contributed by atoms with van der Waals surface area (Å²) in [6.45, 7) is 0.515. The molecule has 0 saturated carbocycles. The van der Waals surface area contributed by atoms with E-state index in [0.29, 0.717) is 12.8 Å². The number of piperidine rings is 1. The zero-order valence-electron chi connectivity index (χ0n) is 15.8. The first-order valence-corrected chi connectivity index (χ1v) is 12.3. The number of halogens is 2. The quantitative estimate of drug-likeness (QED) is 0.488. The molecule has 1 saturated heterocycles. The van der Waals surface area contributed by atoms with Gasteiger partial charge in [0.05, 0.1) is 26.2 Å². The standard InChI is InChI=1S/C20H18Cl2N2O4S2/c21-14-4-3-5-15(22)19(14)30(26,27)24-10-8-13(9-11-24)20(25)28-12-18-23-16-6-1-2-7-17(16)29-18/h1-7,13H,8-12H2. The van der Waals surface area contributed by atoms with Crippen molar-refractivity contribution in [3.63, 3.8) is 0 Å². The van der Waals surface area contributed by atoms with E-state index in [1.165, 1.54) is 27.8 Å². The number of nitrogens with zero attached hydrogens (tertiary/aromatic N) is 2. The predicted octanol–water partition coefficient (Wildman–Crippen LogP) is 4.75. The third-order valence-electron chi connectivity index (χ3n) is 4.98. The first-order valence-electron chi connectivity index (χ1n) is 9.31. The molecule has 1 aromatic heterocycles. The number of benzene rings is 2. The molecule has 0 atom stereocenters. The Bertz CT molecular complexity index is 1140. The van der Waals surface area contributed by atoms with Gasteiger partial charge in [0.25, 0.3) is 0 Å². The number of hydrogen-bond donors (Lipinski definition) is 0. The maximum absolute atomic E-state index is 12.9. The Hall–Kier alpha value is -1.71. The molecule has 0 aliphatic carbocycles. The van der Waals surface area contributed by atoms with Crippen molar-refractivity contribution in [1.82, 2.24) is 9.29 Å². The van der Waals surface area contributed by atoms with Crippen molar-refractivity contribution in [2.75, 3.05) is 13.1 Å². The Morgan fingerprint density at radius 1 is 1.10 bits per heavy atom. The van der Waals surface area contributed by atoms with Crippen LogP contribution in [0.15, 0.2) is 47.4 Å². The van der Waals surface area contributed by atoms with E-state index in [-0.39, 0.29) is 46.5 Å². The zero-order valence-corrected chi connectivity index (χ0v) is 18.9. The average Bonchev–Trinajstić information content (AvgIpc) is 3.15. The molecular weight excluding hydrogens is 467 g/mol. The lowest BCUT2D eigenvalue weighted by atomic mass is 9.98. The Morgan fingerprint density at radius 3 is 2.43 bits per heavy atom. The van der Waals surface area contributed by atoms with E-state index < -0.39 is 10.0 Å². The number of para-hydroxylation sites is 1. The Labute approximate surface area is 188 Å². The lowest BCUT2D eigenvalue weighted by Crippen LogP contribution is -2.40. The third-order valence-corrected chi connectivity index (χ3v) is 8.84. The van der Waals surface area contributed by atoms with Crippen molar-refractivity contribution >= 4 is 60.7 Å². The molecule has 10 heteroatoms. The number of carbonyl (C=O) groups is 1. The van der Waals surface area contributed by atoms with Crippen LogP contribution in [0.1, 0.15) is 17.8 Å². The number of ether oxygens (including phenoxy) is 1. The van der Waals surface area contributed by atoms with Crippen molar-refractivity contribution < 1.29 is 17.9 Å². The molecular formula is C20H18Cl2N2O4S2. The smallest absolute Gasteiger partial charge is 0.309 e. The van der Waals surface area contributed by atoms with Crippen LogP contribution in [0, 0.1) is 5.92 Å². The van der Waals surface area contributed by atoms with Crippen molar-refractivity contribution in [2.45, 2.75) is 24.3 Å². The molecule has 30 heavy (non-hydrogen) atoms. The van der Waals surface area contributed by atoms with Gasteiger partial charge in [0.1, 0.15) is 16.5 Å². The van der Waals surface area contributed by atoms with Crippen LogP contribution in [0.3, 0.4) is 0 Å². The van der Waals surface area contributed by atoms with Gasteiger partial charge < -0.3 is 4.74 Å². The highest BCUT2D eigenvalue weighted by Gasteiger charge is 2.35. The number of hydrogen-bond acceptors (Lipinski definition) is 6.